The van der Waals surface area contributed by atoms with E-state index >= 15 is 0 Å². The van der Waals surface area contributed by atoms with Crippen molar-refractivity contribution in [3.8, 4) is 11.4 Å². The zero-order valence-corrected chi connectivity index (χ0v) is 58.6. The number of aryl methyl sites for hydroxylation is 3. The predicted molar refractivity (Wildman–Crippen MR) is 374 cm³/mol. The van der Waals surface area contributed by atoms with Crippen LogP contribution in [0.5, 0.6) is 0 Å². The van der Waals surface area contributed by atoms with Gasteiger partial charge in [-0.05, 0) is 110 Å². The van der Waals surface area contributed by atoms with Gasteiger partial charge in [-0.25, -0.2) is 47.9 Å². The SMILES string of the molecule is Cc1cc(CNC(=O)c2cc(C(=O)N[C@@H](C)c3ccc(-c4noc(C(F)(F)F)n4)cc3)ncn2)ccc1F.Cc1cc(CNC(=O)c2cc(C(=O)N[C@@H](C)c3ccc(/C(N)=N/O)cc3)ncn2)ccc1F.Cc1cc(CNC(=O)c2cc(C(=O)N[C@@H](C)c3ccc(/C(N)=N/OC(=O)C(F)(F)F)cc3)ncn2)ccc1F. The van der Waals surface area contributed by atoms with Gasteiger partial charge in [-0.2, -0.15) is 31.3 Å². The van der Waals surface area contributed by atoms with Crippen molar-refractivity contribution < 1.29 is 87.6 Å². The summed E-state index contributed by atoms with van der Waals surface area (Å²) in [6.07, 6.45) is -6.65. The van der Waals surface area contributed by atoms with Crippen molar-refractivity contribution in [2.24, 2.45) is 21.8 Å². The smallest absolute Gasteiger partial charge is 0.409 e. The molecule has 3 atom stereocenters. The quantitative estimate of drug-likeness (QED) is 0.00760. The Morgan fingerprint density at radius 2 is 0.782 bits per heavy atom. The van der Waals surface area contributed by atoms with Crippen LogP contribution in [0.4, 0.5) is 39.5 Å². The number of hydrogen-bond acceptors (Lipinski definition) is 20. The van der Waals surface area contributed by atoms with Crippen molar-refractivity contribution in [3.63, 3.8) is 0 Å². The first-order valence-electron chi connectivity index (χ1n) is 32.4. The summed E-state index contributed by atoms with van der Waals surface area (Å²) in [5.41, 5.74) is 17.5. The molecule has 0 saturated carbocycles. The molecule has 37 heteroatoms. The van der Waals surface area contributed by atoms with Crippen LogP contribution in [0.1, 0.15) is 169 Å². The molecular formula is C73H65F9N18O10. The predicted octanol–water partition coefficient (Wildman–Crippen LogP) is 9.92. The minimum Gasteiger partial charge on any atom is -0.409 e. The Morgan fingerprint density at radius 3 is 1.08 bits per heavy atom. The number of carbonyl (C=O) groups excluding carboxylic acids is 7. The van der Waals surface area contributed by atoms with Gasteiger partial charge in [0.1, 0.15) is 70.6 Å². The molecule has 0 fully saturated rings. The molecule has 6 aromatic carbocycles. The molecule has 11 N–H and O–H groups in total. The molecule has 570 valence electrons. The second-order valence-corrected chi connectivity index (χ2v) is 23.9. The summed E-state index contributed by atoms with van der Waals surface area (Å²) in [4.78, 5) is 117. The maximum Gasteiger partial charge on any atom is 0.493 e. The number of nitrogens with one attached hydrogen (secondary N) is 6. The molecule has 0 aliphatic heterocycles. The third kappa shape index (κ3) is 23.1. The zero-order valence-electron chi connectivity index (χ0n) is 58.6. The minimum absolute atomic E-state index is 0.0143. The Balaban J connectivity index is 0.000000208. The van der Waals surface area contributed by atoms with E-state index in [-0.39, 0.29) is 94.5 Å². The van der Waals surface area contributed by atoms with Crippen molar-refractivity contribution in [3.05, 3.63) is 283 Å². The van der Waals surface area contributed by atoms with Gasteiger partial charge in [0, 0.05) is 54.5 Å². The molecule has 4 heterocycles. The number of halogens is 9. The van der Waals surface area contributed by atoms with Crippen molar-refractivity contribution >= 4 is 53.1 Å². The van der Waals surface area contributed by atoms with Crippen molar-refractivity contribution in [2.45, 2.75) is 91.7 Å². The van der Waals surface area contributed by atoms with E-state index < -0.39 is 77.6 Å². The van der Waals surface area contributed by atoms with E-state index in [2.05, 4.69) is 91.6 Å². The third-order valence-corrected chi connectivity index (χ3v) is 15.8. The van der Waals surface area contributed by atoms with Gasteiger partial charge in [-0.15, -0.1) is 0 Å². The first-order valence-corrected chi connectivity index (χ1v) is 32.4. The Labute approximate surface area is 618 Å². The normalized spacial score (nSPS) is 12.2. The average molecular weight is 1530 g/mol. The summed E-state index contributed by atoms with van der Waals surface area (Å²) in [6, 6.07) is 34.7. The second-order valence-electron chi connectivity index (χ2n) is 23.9. The van der Waals surface area contributed by atoms with E-state index in [1.165, 1.54) is 72.8 Å². The van der Waals surface area contributed by atoms with Gasteiger partial charge in [0.25, 0.3) is 35.4 Å². The molecule has 4 aromatic heterocycles. The number of nitrogens with zero attached hydrogens (tertiary/aromatic N) is 10. The van der Waals surface area contributed by atoms with Crippen LogP contribution in [-0.2, 0) is 35.4 Å². The number of hydrogen-bond donors (Lipinski definition) is 9. The number of oxime groups is 2. The molecule has 0 unspecified atom stereocenters. The lowest BCUT2D eigenvalue weighted by Gasteiger charge is -2.15. The third-order valence-electron chi connectivity index (χ3n) is 15.8. The van der Waals surface area contributed by atoms with Gasteiger partial charge in [0.05, 0.1) is 18.1 Å². The van der Waals surface area contributed by atoms with E-state index in [9.17, 15) is 73.1 Å². The highest BCUT2D eigenvalue weighted by molar-refractivity contribution is 6.00. The topological polar surface area (TPSA) is 414 Å². The molecule has 10 rings (SSSR count). The van der Waals surface area contributed by atoms with Crippen LogP contribution >= 0.6 is 0 Å². The zero-order chi connectivity index (χ0) is 80.1. The molecule has 10 aromatic rings. The van der Waals surface area contributed by atoms with Gasteiger partial charge in [0.15, 0.2) is 11.7 Å². The van der Waals surface area contributed by atoms with Crippen LogP contribution in [0.3, 0.4) is 0 Å². The molecule has 0 aliphatic carbocycles. The fourth-order valence-electron chi connectivity index (χ4n) is 9.66. The fraction of sp³-hybridized carbons (Fsp3) is 0.192. The van der Waals surface area contributed by atoms with E-state index in [1.807, 2.05) is 0 Å². The largest absolute Gasteiger partial charge is 0.493 e. The number of carbonyl (C=O) groups is 7. The van der Waals surface area contributed by atoms with Gasteiger partial charge in [-0.1, -0.05) is 125 Å². The van der Waals surface area contributed by atoms with E-state index in [4.69, 9.17) is 16.7 Å². The number of amidine groups is 2. The first-order chi connectivity index (χ1) is 52.1. The molecule has 0 aliphatic rings. The van der Waals surface area contributed by atoms with Crippen LogP contribution in [0.25, 0.3) is 11.4 Å². The molecule has 0 radical (unpaired) electrons. The summed E-state index contributed by atoms with van der Waals surface area (Å²) in [6.45, 7) is 10.5. The summed E-state index contributed by atoms with van der Waals surface area (Å²) < 4.78 is 119. The van der Waals surface area contributed by atoms with Crippen molar-refractivity contribution in [2.75, 3.05) is 0 Å². The number of nitrogens with two attached hydrogens (primary N) is 2. The molecule has 28 nitrogen and oxygen atoms in total. The number of alkyl halides is 6. The van der Waals surface area contributed by atoms with Crippen LogP contribution in [0.2, 0.25) is 0 Å². The summed E-state index contributed by atoms with van der Waals surface area (Å²) >= 11 is 0. The maximum atomic E-state index is 13.4. The summed E-state index contributed by atoms with van der Waals surface area (Å²) in [7, 11) is 0. The van der Waals surface area contributed by atoms with Gasteiger partial charge in [0.2, 0.25) is 5.82 Å². The molecule has 0 bridgehead atoms. The fourth-order valence-corrected chi connectivity index (χ4v) is 9.66. The average Bonchev–Trinajstić information content (AvgIpc) is 1.60. The van der Waals surface area contributed by atoms with Crippen LogP contribution in [0, 0.1) is 38.2 Å². The monoisotopic (exact) mass is 1520 g/mol. The molecule has 110 heavy (non-hydrogen) atoms. The van der Waals surface area contributed by atoms with E-state index in [0.717, 1.165) is 30.1 Å². The molecule has 0 saturated heterocycles. The number of aromatic nitrogens is 8. The lowest BCUT2D eigenvalue weighted by atomic mass is 10.1. The standard InChI is InChI=1S/C25H22F4N6O4.C25H20F4N6O3.C23H23FN6O3/c1-13-9-15(3-8-18(13)26)11-31-22(36)19-10-20(33-12-32-19)23(37)34-14(2)16-4-6-17(7-5-16)21(30)35-39-24(38)25(27,28)29;1-13-9-15(3-8-18(13)26)11-30-22(36)19-10-20(32-12-31-19)23(37)33-14(2)16-4-6-17(7-5-16)21-34-24(38-35-21)25(27,28)29;1-13-9-15(3-8-18(13)24)11-26-22(31)19-10-20(28-12-27-19)23(32)29-14(2)16-4-6-17(7-5-16)21(25)30-33/h3-10,12,14H,11H2,1-2H3,(H2,30,35)(H,31,36)(H,34,37);3-10,12,14H,11H2,1-2H3,(H,30,36)(H,33,37);3-10,12,14,33H,11H2,1-2H3,(H2,25,30)(H,26,31)(H,29,32)/t3*14-/m000/s1. The van der Waals surface area contributed by atoms with E-state index in [0.29, 0.717) is 50.1 Å². The van der Waals surface area contributed by atoms with Gasteiger partial charge in [-0.3, -0.25) is 28.8 Å². The Morgan fingerprint density at radius 1 is 0.464 bits per heavy atom. The van der Waals surface area contributed by atoms with Gasteiger partial charge >= 0.3 is 24.2 Å². The van der Waals surface area contributed by atoms with E-state index in [1.54, 1.807) is 114 Å². The highest BCUT2D eigenvalue weighted by Gasteiger charge is 2.42. The Bertz CT molecular complexity index is 5070. The number of rotatable bonds is 22. The lowest BCUT2D eigenvalue weighted by Crippen LogP contribution is -2.29. The van der Waals surface area contributed by atoms with Crippen LogP contribution in [0.15, 0.2) is 179 Å². The maximum absolute atomic E-state index is 13.4. The van der Waals surface area contributed by atoms with Gasteiger partial charge < -0.3 is 57.9 Å². The molecule has 6 amide bonds. The highest BCUT2D eigenvalue weighted by Crippen LogP contribution is 2.30. The van der Waals surface area contributed by atoms with Crippen LogP contribution in [-0.4, -0.2) is 105 Å². The summed E-state index contributed by atoms with van der Waals surface area (Å²) in [5.74, 6) is -8.89. The summed E-state index contributed by atoms with van der Waals surface area (Å²) in [5, 5.41) is 34.2. The first kappa shape index (κ1) is 81.8. The second kappa shape index (κ2) is 36.9. The van der Waals surface area contributed by atoms with Crippen LogP contribution < -0.4 is 43.4 Å². The highest BCUT2D eigenvalue weighted by atomic mass is 19.4. The Kier molecular flexibility index (Phi) is 27.4. The number of benzene rings is 6. The lowest BCUT2D eigenvalue weighted by molar-refractivity contribution is -0.199. The number of amides is 6. The molecular weight excluding hydrogens is 1460 g/mol. The van der Waals surface area contributed by atoms with Crippen molar-refractivity contribution in [1.82, 2.24) is 71.9 Å². The minimum atomic E-state index is -5.21. The molecule has 0 spiro atoms. The van der Waals surface area contributed by atoms with Crippen molar-refractivity contribution in [1.29, 1.82) is 0 Å². The Hall–Kier alpha value is -13.9.